The first-order valence-corrected chi connectivity index (χ1v) is 9.34. The molecule has 0 bridgehead atoms. The maximum atomic E-state index is 12.6. The molecule has 0 aliphatic carbocycles. The number of hydrogen-bond donors (Lipinski definition) is 3. The van der Waals surface area contributed by atoms with Crippen LogP contribution in [-0.4, -0.2) is 29.3 Å². The van der Waals surface area contributed by atoms with Gasteiger partial charge in [-0.1, -0.05) is 42.5 Å². The van der Waals surface area contributed by atoms with Crippen LogP contribution in [0.2, 0.25) is 0 Å². The van der Waals surface area contributed by atoms with Gasteiger partial charge < -0.3 is 19.9 Å². The Morgan fingerprint density at radius 2 is 1.52 bits per heavy atom. The number of aromatic hydroxyl groups is 1. The minimum atomic E-state index is -0.419. The molecule has 3 aromatic rings. The summed E-state index contributed by atoms with van der Waals surface area (Å²) >= 11 is 5.16. The van der Waals surface area contributed by atoms with Crippen molar-refractivity contribution in [2.24, 2.45) is 0 Å². The van der Waals surface area contributed by atoms with Gasteiger partial charge in [0.05, 0.1) is 11.3 Å². The van der Waals surface area contributed by atoms with Gasteiger partial charge in [0.25, 0.3) is 5.91 Å². The van der Waals surface area contributed by atoms with Crippen molar-refractivity contribution in [1.29, 1.82) is 0 Å². The molecule has 0 unspecified atom stereocenters. The lowest BCUT2D eigenvalue weighted by atomic mass is 10.2. The van der Waals surface area contributed by atoms with E-state index in [1.807, 2.05) is 30.3 Å². The second-order valence-electron chi connectivity index (χ2n) is 5.93. The van der Waals surface area contributed by atoms with Crippen LogP contribution in [-0.2, 0) is 0 Å². The number of ether oxygens (including phenoxy) is 2. The smallest absolute Gasteiger partial charge is 0.261 e. The summed E-state index contributed by atoms with van der Waals surface area (Å²) in [6, 6.07) is 22.9. The van der Waals surface area contributed by atoms with Crippen LogP contribution < -0.4 is 20.1 Å². The molecule has 6 nitrogen and oxygen atoms in total. The molecule has 148 valence electrons. The van der Waals surface area contributed by atoms with Gasteiger partial charge >= 0.3 is 0 Å². The highest BCUT2D eigenvalue weighted by atomic mass is 32.1. The normalized spacial score (nSPS) is 10.1. The number of phenols is 1. The number of carbonyl (C=O) groups is 1. The van der Waals surface area contributed by atoms with Crippen molar-refractivity contribution in [2.45, 2.75) is 0 Å². The number of amides is 1. The summed E-state index contributed by atoms with van der Waals surface area (Å²) in [5.74, 6) is 0.790. The summed E-state index contributed by atoms with van der Waals surface area (Å²) in [6.45, 7) is 0.618. The molecule has 0 saturated carbocycles. The second-order valence-corrected chi connectivity index (χ2v) is 6.34. The summed E-state index contributed by atoms with van der Waals surface area (Å²) in [4.78, 5) is 12.6. The lowest BCUT2D eigenvalue weighted by Crippen LogP contribution is -2.34. The Labute approximate surface area is 174 Å². The van der Waals surface area contributed by atoms with E-state index in [0.717, 1.165) is 5.75 Å². The van der Waals surface area contributed by atoms with Crippen molar-refractivity contribution in [3.05, 3.63) is 84.4 Å². The van der Waals surface area contributed by atoms with Gasteiger partial charge in [-0.25, -0.2) is 0 Å². The van der Waals surface area contributed by atoms with Crippen molar-refractivity contribution in [3.63, 3.8) is 0 Å². The Balaban J connectivity index is 1.55. The van der Waals surface area contributed by atoms with Crippen LogP contribution in [0.4, 0.5) is 5.69 Å². The summed E-state index contributed by atoms with van der Waals surface area (Å²) in [5, 5.41) is 15.2. The van der Waals surface area contributed by atoms with Crippen molar-refractivity contribution in [1.82, 2.24) is 5.32 Å². The minimum Gasteiger partial charge on any atom is -0.506 e. The molecule has 7 heteroatoms. The number of anilines is 1. The molecule has 1 amide bonds. The van der Waals surface area contributed by atoms with Gasteiger partial charge in [0.15, 0.2) is 5.11 Å². The summed E-state index contributed by atoms with van der Waals surface area (Å²) in [5.41, 5.74) is 0.744. The van der Waals surface area contributed by atoms with E-state index in [1.165, 1.54) is 6.07 Å². The third kappa shape index (κ3) is 5.95. The van der Waals surface area contributed by atoms with Crippen molar-refractivity contribution < 1.29 is 19.4 Å². The molecule has 0 aliphatic rings. The fraction of sp³-hybridized carbons (Fsp3) is 0.0909. The van der Waals surface area contributed by atoms with Crippen molar-refractivity contribution in [2.75, 3.05) is 18.5 Å². The zero-order valence-corrected chi connectivity index (χ0v) is 16.3. The molecular formula is C22H20N2O4S. The largest absolute Gasteiger partial charge is 0.506 e. The van der Waals surface area contributed by atoms with Crippen LogP contribution >= 0.6 is 12.2 Å². The van der Waals surface area contributed by atoms with Gasteiger partial charge in [-0.2, -0.15) is 0 Å². The van der Waals surface area contributed by atoms with Gasteiger partial charge in [-0.3, -0.25) is 10.1 Å². The topological polar surface area (TPSA) is 79.8 Å². The quantitative estimate of drug-likeness (QED) is 0.312. The first-order chi connectivity index (χ1) is 14.1. The van der Waals surface area contributed by atoms with E-state index >= 15 is 0 Å². The maximum Gasteiger partial charge on any atom is 0.261 e. The van der Waals surface area contributed by atoms with Gasteiger partial charge in [0.1, 0.15) is 30.5 Å². The molecule has 3 aromatic carbocycles. The fourth-order valence-electron chi connectivity index (χ4n) is 2.51. The van der Waals surface area contributed by atoms with Crippen LogP contribution in [0, 0.1) is 0 Å². The molecule has 0 aromatic heterocycles. The lowest BCUT2D eigenvalue weighted by molar-refractivity contribution is 0.0972. The third-order valence-corrected chi connectivity index (χ3v) is 4.07. The number of rotatable bonds is 7. The van der Waals surface area contributed by atoms with E-state index in [2.05, 4.69) is 10.6 Å². The van der Waals surface area contributed by atoms with Gasteiger partial charge in [-0.15, -0.1) is 0 Å². The van der Waals surface area contributed by atoms with E-state index in [4.69, 9.17) is 21.7 Å². The van der Waals surface area contributed by atoms with Crippen LogP contribution in [0.15, 0.2) is 78.9 Å². The molecule has 0 heterocycles. The molecule has 0 aliphatic heterocycles. The lowest BCUT2D eigenvalue weighted by Gasteiger charge is -2.14. The number of benzene rings is 3. The minimum absolute atomic E-state index is 0.0336. The van der Waals surface area contributed by atoms with E-state index in [0.29, 0.717) is 23.6 Å². The predicted octanol–water partition coefficient (Wildman–Crippen LogP) is 3.98. The first-order valence-electron chi connectivity index (χ1n) is 8.93. The van der Waals surface area contributed by atoms with Crippen LogP contribution in [0.3, 0.4) is 0 Å². The van der Waals surface area contributed by atoms with Crippen LogP contribution in [0.5, 0.6) is 17.2 Å². The molecular weight excluding hydrogens is 388 g/mol. The van der Waals surface area contributed by atoms with Crippen LogP contribution in [0.25, 0.3) is 0 Å². The second kappa shape index (κ2) is 10.1. The standard InChI is InChI=1S/C22H20N2O4S/c25-19-12-6-5-11-18(19)23-22(29)24-21(26)17-10-4-7-13-20(17)28-15-14-27-16-8-2-1-3-9-16/h1-13,25H,14-15H2,(H2,23,24,26,29). The van der Waals surface area contributed by atoms with E-state index in [-0.39, 0.29) is 17.5 Å². The molecule has 0 atom stereocenters. The molecule has 29 heavy (non-hydrogen) atoms. The highest BCUT2D eigenvalue weighted by Gasteiger charge is 2.14. The number of phenolic OH excluding ortho intramolecular Hbond substituents is 1. The van der Waals surface area contributed by atoms with Gasteiger partial charge in [0.2, 0.25) is 0 Å². The SMILES string of the molecule is O=C(NC(=S)Nc1ccccc1O)c1ccccc1OCCOc1ccccc1. The Hall–Kier alpha value is -3.58. The number of hydrogen-bond acceptors (Lipinski definition) is 5. The zero-order valence-electron chi connectivity index (χ0n) is 15.5. The molecule has 0 saturated heterocycles. The molecule has 0 spiro atoms. The van der Waals surface area contributed by atoms with Crippen molar-refractivity contribution >= 4 is 28.9 Å². The number of carbonyl (C=O) groups excluding carboxylic acids is 1. The molecule has 0 fully saturated rings. The number of nitrogens with one attached hydrogen (secondary N) is 2. The molecule has 3 rings (SSSR count). The zero-order chi connectivity index (χ0) is 20.5. The van der Waals surface area contributed by atoms with Crippen molar-refractivity contribution in [3.8, 4) is 17.2 Å². The highest BCUT2D eigenvalue weighted by Crippen LogP contribution is 2.22. The fourth-order valence-corrected chi connectivity index (χ4v) is 2.71. The maximum absolute atomic E-state index is 12.6. The average molecular weight is 408 g/mol. The summed E-state index contributed by atoms with van der Waals surface area (Å²) < 4.78 is 11.3. The van der Waals surface area contributed by atoms with Crippen LogP contribution in [0.1, 0.15) is 10.4 Å². The van der Waals surface area contributed by atoms with E-state index in [1.54, 1.807) is 42.5 Å². The summed E-state index contributed by atoms with van der Waals surface area (Å²) in [7, 11) is 0. The number of thiocarbonyl (C=S) groups is 1. The van der Waals surface area contributed by atoms with Gasteiger partial charge in [0, 0.05) is 0 Å². The van der Waals surface area contributed by atoms with E-state index < -0.39 is 5.91 Å². The molecule has 0 radical (unpaired) electrons. The first kappa shape index (κ1) is 20.2. The Morgan fingerprint density at radius 1 is 0.862 bits per heavy atom. The third-order valence-electron chi connectivity index (χ3n) is 3.86. The summed E-state index contributed by atoms with van der Waals surface area (Å²) in [6.07, 6.45) is 0. The Morgan fingerprint density at radius 3 is 2.31 bits per heavy atom. The van der Waals surface area contributed by atoms with E-state index in [9.17, 15) is 9.90 Å². The Kier molecular flexibility index (Phi) is 7.02. The average Bonchev–Trinajstić information content (AvgIpc) is 2.74. The number of para-hydroxylation sites is 4. The monoisotopic (exact) mass is 408 g/mol. The Bertz CT molecular complexity index is 979. The molecule has 3 N–H and O–H groups in total. The van der Waals surface area contributed by atoms with Gasteiger partial charge in [-0.05, 0) is 48.6 Å². The highest BCUT2D eigenvalue weighted by molar-refractivity contribution is 7.80. The predicted molar refractivity (Wildman–Crippen MR) is 116 cm³/mol.